The van der Waals surface area contributed by atoms with Crippen molar-refractivity contribution in [3.05, 3.63) is 101 Å². The molecule has 0 atom stereocenters. The fourth-order valence-corrected chi connectivity index (χ4v) is 2.28. The molecule has 0 unspecified atom stereocenters. The number of rotatable bonds is 3. The van der Waals surface area contributed by atoms with Gasteiger partial charge in [0, 0.05) is 11.4 Å². The van der Waals surface area contributed by atoms with Crippen molar-refractivity contribution in [3.8, 4) is 11.1 Å². The number of hydrogen-bond acceptors (Lipinski definition) is 0. The Balaban J connectivity index is 1.78. The van der Waals surface area contributed by atoms with Gasteiger partial charge in [-0.3, -0.25) is 0 Å². The van der Waals surface area contributed by atoms with Gasteiger partial charge >= 0.3 is 0 Å². The van der Waals surface area contributed by atoms with Gasteiger partial charge in [0.1, 0.15) is 0 Å². The second-order valence-electron chi connectivity index (χ2n) is 4.68. The minimum Gasteiger partial charge on any atom is -0.0843 e. The normalized spacial score (nSPS) is 10.4. The van der Waals surface area contributed by atoms with E-state index in [0.29, 0.717) is 0 Å². The lowest BCUT2D eigenvalue weighted by Gasteiger charge is -2.05. The highest BCUT2D eigenvalue weighted by Crippen LogP contribution is 2.21. The molecule has 0 aromatic heterocycles. The minimum absolute atomic E-state index is 0.765. The summed E-state index contributed by atoms with van der Waals surface area (Å²) < 4.78 is 0. The zero-order chi connectivity index (χ0) is 13.8. The first-order chi connectivity index (χ1) is 9.81. The van der Waals surface area contributed by atoms with Crippen LogP contribution in [0.3, 0.4) is 0 Å². The van der Waals surface area contributed by atoms with Crippen molar-refractivity contribution in [2.45, 2.75) is 0 Å². The summed E-state index contributed by atoms with van der Waals surface area (Å²) >= 11 is 5.89. The molecule has 20 heavy (non-hydrogen) atoms. The first kappa shape index (κ1) is 13.0. The molecule has 0 bridgehead atoms. The molecule has 0 fully saturated rings. The van der Waals surface area contributed by atoms with Crippen LogP contribution in [0.1, 0.15) is 11.1 Å². The fraction of sp³-hybridized carbons (Fsp3) is 0. The van der Waals surface area contributed by atoms with E-state index in [1.807, 2.05) is 30.3 Å². The van der Waals surface area contributed by atoms with Crippen molar-refractivity contribution in [2.24, 2.45) is 0 Å². The maximum atomic E-state index is 5.89. The van der Waals surface area contributed by atoms with E-state index in [2.05, 4.69) is 55.0 Å². The van der Waals surface area contributed by atoms with E-state index in [1.54, 1.807) is 0 Å². The molecule has 0 nitrogen and oxygen atoms in total. The van der Waals surface area contributed by atoms with Crippen LogP contribution in [0.4, 0.5) is 0 Å². The Morgan fingerprint density at radius 3 is 1.65 bits per heavy atom. The highest BCUT2D eigenvalue weighted by Gasteiger charge is 1.99. The van der Waals surface area contributed by atoms with E-state index >= 15 is 0 Å². The number of benzene rings is 3. The molecular weight excluding hydrogens is 264 g/mol. The molecule has 0 amide bonds. The van der Waals surface area contributed by atoms with E-state index in [-0.39, 0.29) is 0 Å². The molecule has 0 aliphatic rings. The molecule has 0 N–H and O–H groups in total. The maximum Gasteiger partial charge on any atom is 0.0406 e. The van der Waals surface area contributed by atoms with E-state index in [0.717, 1.165) is 10.6 Å². The van der Waals surface area contributed by atoms with Crippen molar-refractivity contribution < 1.29 is 0 Å². The summed E-state index contributed by atoms with van der Waals surface area (Å²) in [5.41, 5.74) is 4.82. The van der Waals surface area contributed by atoms with Crippen LogP contribution in [0.2, 0.25) is 5.02 Å². The minimum atomic E-state index is 0.765. The maximum absolute atomic E-state index is 5.89. The van der Waals surface area contributed by atoms with Gasteiger partial charge in [-0.25, -0.2) is 0 Å². The third-order valence-electron chi connectivity index (χ3n) is 3.22. The molecule has 3 aromatic rings. The van der Waals surface area contributed by atoms with E-state index in [9.17, 15) is 0 Å². The van der Waals surface area contributed by atoms with Crippen molar-refractivity contribution >= 4 is 11.6 Å². The Bertz CT molecular complexity index is 667. The summed E-state index contributed by atoms with van der Waals surface area (Å²) in [6.45, 7) is 0. The Morgan fingerprint density at radius 2 is 1.05 bits per heavy atom. The van der Waals surface area contributed by atoms with Crippen LogP contribution in [0.25, 0.3) is 11.1 Å². The lowest BCUT2D eigenvalue weighted by molar-refractivity contribution is 1.43. The van der Waals surface area contributed by atoms with Gasteiger partial charge in [0.15, 0.2) is 0 Å². The molecule has 0 aliphatic carbocycles. The predicted molar refractivity (Wildman–Crippen MR) is 85.8 cm³/mol. The lowest BCUT2D eigenvalue weighted by atomic mass is 10.0. The van der Waals surface area contributed by atoms with Crippen LogP contribution in [0.5, 0.6) is 0 Å². The summed E-state index contributed by atoms with van der Waals surface area (Å²) in [5.74, 6) is 0. The van der Waals surface area contributed by atoms with Crippen LogP contribution >= 0.6 is 11.6 Å². The molecule has 0 aliphatic heterocycles. The lowest BCUT2D eigenvalue weighted by Crippen LogP contribution is -1.85. The van der Waals surface area contributed by atoms with Gasteiger partial charge in [0.2, 0.25) is 0 Å². The van der Waals surface area contributed by atoms with Gasteiger partial charge in [0.25, 0.3) is 0 Å². The monoisotopic (exact) mass is 277 g/mol. The van der Waals surface area contributed by atoms with Gasteiger partial charge in [-0.05, 0) is 34.4 Å². The zero-order valence-corrected chi connectivity index (χ0v) is 11.7. The fourth-order valence-electron chi connectivity index (χ4n) is 2.15. The van der Waals surface area contributed by atoms with Crippen LogP contribution < -0.4 is 0 Å². The Kier molecular flexibility index (Phi) is 3.85. The average Bonchev–Trinajstić information content (AvgIpc) is 2.51. The SMILES string of the molecule is Clc1ccc([CH]c2ccc(-c3ccccc3)cc2)cc1. The smallest absolute Gasteiger partial charge is 0.0406 e. The molecular formula is C19H14Cl. The van der Waals surface area contributed by atoms with Gasteiger partial charge in [-0.1, -0.05) is 78.3 Å². The highest BCUT2D eigenvalue weighted by molar-refractivity contribution is 6.30. The Morgan fingerprint density at radius 1 is 0.550 bits per heavy atom. The second-order valence-corrected chi connectivity index (χ2v) is 5.12. The summed E-state index contributed by atoms with van der Waals surface area (Å²) in [7, 11) is 0. The van der Waals surface area contributed by atoms with Crippen LogP contribution in [-0.4, -0.2) is 0 Å². The van der Waals surface area contributed by atoms with Crippen molar-refractivity contribution in [3.63, 3.8) is 0 Å². The molecule has 97 valence electrons. The van der Waals surface area contributed by atoms with Gasteiger partial charge < -0.3 is 0 Å². The molecule has 1 radical (unpaired) electrons. The molecule has 3 rings (SSSR count). The van der Waals surface area contributed by atoms with Crippen molar-refractivity contribution in [1.29, 1.82) is 0 Å². The first-order valence-electron chi connectivity index (χ1n) is 6.57. The van der Waals surface area contributed by atoms with Crippen LogP contribution in [0, 0.1) is 6.42 Å². The number of halogens is 1. The average molecular weight is 278 g/mol. The molecule has 0 saturated carbocycles. The third kappa shape index (κ3) is 3.09. The largest absolute Gasteiger partial charge is 0.0843 e. The van der Waals surface area contributed by atoms with Crippen LogP contribution in [-0.2, 0) is 0 Å². The number of hydrogen-bond donors (Lipinski definition) is 0. The van der Waals surface area contributed by atoms with Gasteiger partial charge in [-0.2, -0.15) is 0 Å². The molecule has 1 heteroatoms. The van der Waals surface area contributed by atoms with Gasteiger partial charge in [0.05, 0.1) is 0 Å². The quantitative estimate of drug-likeness (QED) is 0.584. The molecule has 3 aromatic carbocycles. The highest BCUT2D eigenvalue weighted by atomic mass is 35.5. The standard InChI is InChI=1S/C19H14Cl/c20-19-12-8-16(9-13-19)14-15-6-10-18(11-7-15)17-4-2-1-3-5-17/h1-14H. The summed E-state index contributed by atoms with van der Waals surface area (Å²) in [6, 6.07) is 26.8. The molecule has 0 spiro atoms. The summed E-state index contributed by atoms with van der Waals surface area (Å²) in [5, 5.41) is 0.765. The zero-order valence-electron chi connectivity index (χ0n) is 11.0. The molecule has 0 saturated heterocycles. The second kappa shape index (κ2) is 5.94. The van der Waals surface area contributed by atoms with Crippen molar-refractivity contribution in [2.75, 3.05) is 0 Å². The van der Waals surface area contributed by atoms with E-state index in [1.165, 1.54) is 16.7 Å². The van der Waals surface area contributed by atoms with E-state index < -0.39 is 0 Å². The first-order valence-corrected chi connectivity index (χ1v) is 6.95. The summed E-state index contributed by atoms with van der Waals surface area (Å²) in [4.78, 5) is 0. The summed E-state index contributed by atoms with van der Waals surface area (Å²) in [6.07, 6.45) is 2.14. The van der Waals surface area contributed by atoms with E-state index in [4.69, 9.17) is 11.6 Å². The Hall–Kier alpha value is -2.05. The predicted octanol–water partition coefficient (Wildman–Crippen LogP) is 5.61. The van der Waals surface area contributed by atoms with Crippen molar-refractivity contribution in [1.82, 2.24) is 0 Å². The van der Waals surface area contributed by atoms with Gasteiger partial charge in [-0.15, -0.1) is 0 Å². The van der Waals surface area contributed by atoms with Crippen LogP contribution in [0.15, 0.2) is 78.9 Å². The Labute approximate surface area is 124 Å². The topological polar surface area (TPSA) is 0 Å². The molecule has 0 heterocycles. The third-order valence-corrected chi connectivity index (χ3v) is 3.47.